The van der Waals surface area contributed by atoms with Crippen molar-refractivity contribution in [1.82, 2.24) is 10.3 Å². The lowest BCUT2D eigenvalue weighted by molar-refractivity contribution is -0.0777. The predicted molar refractivity (Wildman–Crippen MR) is 85.2 cm³/mol. The van der Waals surface area contributed by atoms with Crippen LogP contribution in [0.4, 0.5) is 0 Å². The average Bonchev–Trinajstić information content (AvgIpc) is 2.86. The van der Waals surface area contributed by atoms with E-state index in [1.807, 2.05) is 18.4 Å². The zero-order chi connectivity index (χ0) is 14.6. The van der Waals surface area contributed by atoms with Gasteiger partial charge in [-0.05, 0) is 52.0 Å². The lowest BCUT2D eigenvalue weighted by Gasteiger charge is -2.37. The molecule has 1 aromatic rings. The highest BCUT2D eigenvalue weighted by Crippen LogP contribution is 2.44. The van der Waals surface area contributed by atoms with Gasteiger partial charge < -0.3 is 10.1 Å². The quantitative estimate of drug-likeness (QED) is 0.865. The molecular weight excluding hydrogens is 268 g/mol. The van der Waals surface area contributed by atoms with Gasteiger partial charge in [0.05, 0.1) is 5.69 Å². The van der Waals surface area contributed by atoms with Crippen LogP contribution in [-0.4, -0.2) is 18.6 Å². The Kier molecular flexibility index (Phi) is 5.58. The SMILES string of the molecule is CCOC1(c2nc(CC)c(CNC)s2)CCC(C)CC1. The van der Waals surface area contributed by atoms with Crippen LogP contribution >= 0.6 is 11.3 Å². The molecule has 1 saturated carbocycles. The van der Waals surface area contributed by atoms with Gasteiger partial charge in [-0.15, -0.1) is 11.3 Å². The molecule has 4 heteroatoms. The second kappa shape index (κ2) is 7.01. The third-order valence-electron chi connectivity index (χ3n) is 4.34. The molecule has 0 saturated heterocycles. The van der Waals surface area contributed by atoms with Crippen LogP contribution in [0.1, 0.15) is 62.0 Å². The molecule has 1 N–H and O–H groups in total. The number of aryl methyl sites for hydroxylation is 1. The minimum atomic E-state index is -0.109. The molecule has 114 valence electrons. The number of hydrogen-bond donors (Lipinski definition) is 1. The van der Waals surface area contributed by atoms with Gasteiger partial charge in [-0.3, -0.25) is 0 Å². The molecule has 0 aromatic carbocycles. The molecule has 1 aromatic heterocycles. The van der Waals surface area contributed by atoms with E-state index >= 15 is 0 Å². The van der Waals surface area contributed by atoms with E-state index in [1.54, 1.807) is 0 Å². The number of ether oxygens (including phenoxy) is 1. The fourth-order valence-electron chi connectivity index (χ4n) is 3.08. The summed E-state index contributed by atoms with van der Waals surface area (Å²) >= 11 is 1.86. The molecule has 0 spiro atoms. The predicted octanol–water partition coefficient (Wildman–Crippen LogP) is 3.87. The summed E-state index contributed by atoms with van der Waals surface area (Å²) in [4.78, 5) is 6.32. The number of aromatic nitrogens is 1. The van der Waals surface area contributed by atoms with E-state index in [-0.39, 0.29) is 5.60 Å². The van der Waals surface area contributed by atoms with Gasteiger partial charge in [0.1, 0.15) is 10.6 Å². The summed E-state index contributed by atoms with van der Waals surface area (Å²) in [6.07, 6.45) is 5.76. The van der Waals surface area contributed by atoms with Crippen molar-refractivity contribution >= 4 is 11.3 Å². The van der Waals surface area contributed by atoms with Gasteiger partial charge >= 0.3 is 0 Å². The Hall–Kier alpha value is -0.450. The highest BCUT2D eigenvalue weighted by atomic mass is 32.1. The van der Waals surface area contributed by atoms with Crippen molar-refractivity contribution in [3.63, 3.8) is 0 Å². The molecule has 0 bridgehead atoms. The summed E-state index contributed by atoms with van der Waals surface area (Å²) < 4.78 is 6.22. The van der Waals surface area contributed by atoms with Crippen LogP contribution in [-0.2, 0) is 23.3 Å². The summed E-state index contributed by atoms with van der Waals surface area (Å²) in [5.41, 5.74) is 1.14. The lowest BCUT2D eigenvalue weighted by atomic mass is 9.79. The van der Waals surface area contributed by atoms with Gasteiger partial charge in [-0.25, -0.2) is 4.98 Å². The van der Waals surface area contributed by atoms with Crippen molar-refractivity contribution in [2.24, 2.45) is 5.92 Å². The first-order chi connectivity index (χ1) is 9.65. The van der Waals surface area contributed by atoms with E-state index in [4.69, 9.17) is 9.72 Å². The van der Waals surface area contributed by atoms with Crippen molar-refractivity contribution in [3.8, 4) is 0 Å². The average molecular weight is 296 g/mol. The number of rotatable bonds is 6. The molecule has 20 heavy (non-hydrogen) atoms. The van der Waals surface area contributed by atoms with Crippen LogP contribution in [0, 0.1) is 5.92 Å². The summed E-state index contributed by atoms with van der Waals surface area (Å²) in [6, 6.07) is 0. The summed E-state index contributed by atoms with van der Waals surface area (Å²) in [5, 5.41) is 4.47. The highest BCUT2D eigenvalue weighted by molar-refractivity contribution is 7.11. The summed E-state index contributed by atoms with van der Waals surface area (Å²) in [5.74, 6) is 0.825. The van der Waals surface area contributed by atoms with Crippen LogP contribution < -0.4 is 5.32 Å². The summed E-state index contributed by atoms with van der Waals surface area (Å²) in [6.45, 7) is 8.33. The van der Waals surface area contributed by atoms with Gasteiger partial charge in [-0.1, -0.05) is 13.8 Å². The van der Waals surface area contributed by atoms with Gasteiger partial charge in [0.15, 0.2) is 0 Å². The first-order valence-corrected chi connectivity index (χ1v) is 8.74. The Labute approximate surface area is 127 Å². The molecule has 0 unspecified atom stereocenters. The normalized spacial score (nSPS) is 26.9. The Bertz CT molecular complexity index is 422. The maximum atomic E-state index is 6.22. The number of nitrogens with zero attached hydrogens (tertiary/aromatic N) is 1. The van der Waals surface area contributed by atoms with Crippen molar-refractivity contribution < 1.29 is 4.74 Å². The van der Waals surface area contributed by atoms with E-state index in [0.29, 0.717) is 0 Å². The van der Waals surface area contributed by atoms with Crippen LogP contribution in [0.3, 0.4) is 0 Å². The second-order valence-corrected chi connectivity index (χ2v) is 6.97. The minimum Gasteiger partial charge on any atom is -0.368 e. The largest absolute Gasteiger partial charge is 0.368 e. The maximum Gasteiger partial charge on any atom is 0.125 e. The smallest absolute Gasteiger partial charge is 0.125 e. The van der Waals surface area contributed by atoms with Crippen molar-refractivity contribution in [2.75, 3.05) is 13.7 Å². The Balaban J connectivity index is 2.29. The molecule has 2 rings (SSSR count). The monoisotopic (exact) mass is 296 g/mol. The zero-order valence-electron chi connectivity index (χ0n) is 13.3. The molecule has 0 radical (unpaired) electrons. The number of nitrogens with one attached hydrogen (secondary N) is 1. The third kappa shape index (κ3) is 3.23. The van der Waals surface area contributed by atoms with E-state index in [1.165, 1.54) is 28.4 Å². The molecule has 1 aliphatic rings. The van der Waals surface area contributed by atoms with E-state index in [0.717, 1.165) is 38.3 Å². The standard InChI is InChI=1S/C16H28N2OS/c1-5-13-14(11-17-4)20-15(18-13)16(19-6-2)9-7-12(3)8-10-16/h12,17H,5-11H2,1-4H3. The Morgan fingerprint density at radius 3 is 2.60 bits per heavy atom. The maximum absolute atomic E-state index is 6.22. The third-order valence-corrected chi connectivity index (χ3v) is 5.63. The Morgan fingerprint density at radius 2 is 2.05 bits per heavy atom. The zero-order valence-corrected chi connectivity index (χ0v) is 14.1. The molecule has 3 nitrogen and oxygen atoms in total. The van der Waals surface area contributed by atoms with E-state index in [9.17, 15) is 0 Å². The van der Waals surface area contributed by atoms with Gasteiger partial charge in [-0.2, -0.15) is 0 Å². The van der Waals surface area contributed by atoms with Crippen LogP contribution in [0.2, 0.25) is 0 Å². The fraction of sp³-hybridized carbons (Fsp3) is 0.812. The van der Waals surface area contributed by atoms with E-state index in [2.05, 4.69) is 26.1 Å². The molecule has 0 amide bonds. The van der Waals surface area contributed by atoms with Crippen LogP contribution in [0.25, 0.3) is 0 Å². The minimum absolute atomic E-state index is 0.109. The highest BCUT2D eigenvalue weighted by Gasteiger charge is 2.39. The van der Waals surface area contributed by atoms with Crippen molar-refractivity contribution in [2.45, 2.75) is 65.0 Å². The Morgan fingerprint density at radius 1 is 1.35 bits per heavy atom. The van der Waals surface area contributed by atoms with Crippen LogP contribution in [0.15, 0.2) is 0 Å². The van der Waals surface area contributed by atoms with Gasteiger partial charge in [0.2, 0.25) is 0 Å². The molecule has 0 atom stereocenters. The molecule has 0 aliphatic heterocycles. The topological polar surface area (TPSA) is 34.1 Å². The number of hydrogen-bond acceptors (Lipinski definition) is 4. The fourth-order valence-corrected chi connectivity index (χ4v) is 4.44. The van der Waals surface area contributed by atoms with Gasteiger partial charge in [0, 0.05) is 18.0 Å². The van der Waals surface area contributed by atoms with Gasteiger partial charge in [0.25, 0.3) is 0 Å². The second-order valence-electron chi connectivity index (χ2n) is 5.88. The molecule has 1 aliphatic carbocycles. The first-order valence-electron chi connectivity index (χ1n) is 7.92. The summed E-state index contributed by atoms with van der Waals surface area (Å²) in [7, 11) is 2.00. The first kappa shape index (κ1) is 15.9. The van der Waals surface area contributed by atoms with Crippen molar-refractivity contribution in [3.05, 3.63) is 15.6 Å². The molecule has 1 heterocycles. The van der Waals surface area contributed by atoms with Crippen molar-refractivity contribution in [1.29, 1.82) is 0 Å². The lowest BCUT2D eigenvalue weighted by Crippen LogP contribution is -2.34. The number of thiazole rings is 1. The molecular formula is C16H28N2OS. The van der Waals surface area contributed by atoms with Crippen LogP contribution in [0.5, 0.6) is 0 Å². The molecule has 1 fully saturated rings. The van der Waals surface area contributed by atoms with E-state index < -0.39 is 0 Å².